The Labute approximate surface area is 173 Å². The van der Waals surface area contributed by atoms with Gasteiger partial charge in [0, 0.05) is 18.0 Å². The van der Waals surface area contributed by atoms with Crippen molar-refractivity contribution >= 4 is 0 Å². The summed E-state index contributed by atoms with van der Waals surface area (Å²) in [6.45, 7) is 1.91. The molecule has 2 aliphatic rings. The summed E-state index contributed by atoms with van der Waals surface area (Å²) in [6, 6.07) is 14.9. The zero-order chi connectivity index (χ0) is 20.4. The Morgan fingerprint density at radius 2 is 1.72 bits per heavy atom. The quantitative estimate of drug-likeness (QED) is 0.804. The maximum atomic E-state index is 10.5. The number of hydrogen-bond donors (Lipinski definition) is 1. The number of aliphatic hydroxyl groups is 1. The second-order valence-corrected chi connectivity index (χ2v) is 8.24. The van der Waals surface area contributed by atoms with Gasteiger partial charge in [-0.15, -0.1) is 0 Å². The van der Waals surface area contributed by atoms with Crippen molar-refractivity contribution in [1.29, 1.82) is 0 Å². The standard InChI is InChI=1S/C24H31NO4/c1-27-20-7-4-17(5-8-20)16-25-13-12-24(11-10-19(26)15-23(24)25)18-6-9-21(28-2)22(14-18)29-3/h4-9,14,19,23,26H,10-13,15-16H2,1-3H3/t19-,23?,24-/m0/s1. The maximum absolute atomic E-state index is 10.5. The number of hydrogen-bond acceptors (Lipinski definition) is 5. The molecule has 1 heterocycles. The second kappa shape index (κ2) is 8.25. The molecule has 4 rings (SSSR count). The van der Waals surface area contributed by atoms with Crippen molar-refractivity contribution in [3.05, 3.63) is 53.6 Å². The molecule has 2 aromatic carbocycles. The van der Waals surface area contributed by atoms with Crippen LogP contribution in [-0.4, -0.2) is 50.0 Å². The molecule has 2 aromatic rings. The third kappa shape index (κ3) is 3.69. The maximum Gasteiger partial charge on any atom is 0.161 e. The van der Waals surface area contributed by atoms with Crippen LogP contribution in [0.15, 0.2) is 42.5 Å². The first-order chi connectivity index (χ1) is 14.1. The molecule has 0 radical (unpaired) electrons. The van der Waals surface area contributed by atoms with Crippen LogP contribution >= 0.6 is 0 Å². The average Bonchev–Trinajstić information content (AvgIpc) is 3.12. The summed E-state index contributed by atoms with van der Waals surface area (Å²) in [5, 5.41) is 10.5. The number of likely N-dealkylation sites (tertiary alicyclic amines) is 1. The first kappa shape index (κ1) is 20.0. The number of methoxy groups -OCH3 is 3. The molecule has 5 nitrogen and oxygen atoms in total. The number of fused-ring (bicyclic) bond motifs is 1. The van der Waals surface area contributed by atoms with Crippen LogP contribution in [0.1, 0.15) is 36.8 Å². The van der Waals surface area contributed by atoms with E-state index in [4.69, 9.17) is 14.2 Å². The van der Waals surface area contributed by atoms with Crippen LogP contribution in [0, 0.1) is 0 Å². The Morgan fingerprint density at radius 3 is 2.41 bits per heavy atom. The van der Waals surface area contributed by atoms with Crippen molar-refractivity contribution in [2.24, 2.45) is 0 Å². The van der Waals surface area contributed by atoms with E-state index in [-0.39, 0.29) is 11.5 Å². The lowest BCUT2D eigenvalue weighted by molar-refractivity contribution is 0.0466. The van der Waals surface area contributed by atoms with E-state index in [1.54, 1.807) is 21.3 Å². The number of benzene rings is 2. The highest BCUT2D eigenvalue weighted by molar-refractivity contribution is 5.46. The number of ether oxygens (including phenoxy) is 3. The largest absolute Gasteiger partial charge is 0.497 e. The van der Waals surface area contributed by atoms with Crippen molar-refractivity contribution in [2.75, 3.05) is 27.9 Å². The van der Waals surface area contributed by atoms with Crippen LogP contribution in [0.4, 0.5) is 0 Å². The summed E-state index contributed by atoms with van der Waals surface area (Å²) in [4.78, 5) is 2.54. The summed E-state index contributed by atoms with van der Waals surface area (Å²) in [6.07, 6.45) is 3.51. The molecule has 5 heteroatoms. The predicted molar refractivity (Wildman–Crippen MR) is 113 cm³/mol. The van der Waals surface area contributed by atoms with Crippen LogP contribution in [-0.2, 0) is 12.0 Å². The first-order valence-electron chi connectivity index (χ1n) is 10.4. The molecule has 1 saturated carbocycles. The molecule has 1 saturated heterocycles. The highest BCUT2D eigenvalue weighted by Gasteiger charge is 2.51. The molecule has 1 aliphatic carbocycles. The zero-order valence-electron chi connectivity index (χ0n) is 17.6. The average molecular weight is 398 g/mol. The molecule has 29 heavy (non-hydrogen) atoms. The van der Waals surface area contributed by atoms with Gasteiger partial charge in [-0.05, 0) is 67.6 Å². The van der Waals surface area contributed by atoms with Crippen molar-refractivity contribution in [3.8, 4) is 17.2 Å². The molecule has 3 atom stereocenters. The predicted octanol–water partition coefficient (Wildman–Crippen LogP) is 3.77. The molecule has 1 aliphatic heterocycles. The molecule has 1 N–H and O–H groups in total. The lowest BCUT2D eigenvalue weighted by Gasteiger charge is -2.44. The van der Waals surface area contributed by atoms with Gasteiger partial charge in [0.15, 0.2) is 11.5 Å². The van der Waals surface area contributed by atoms with E-state index >= 15 is 0 Å². The molecule has 0 aromatic heterocycles. The molecular weight excluding hydrogens is 366 g/mol. The highest BCUT2D eigenvalue weighted by Crippen LogP contribution is 2.50. The molecule has 0 spiro atoms. The Balaban J connectivity index is 1.63. The molecule has 156 valence electrons. The van der Waals surface area contributed by atoms with E-state index in [1.165, 1.54) is 11.1 Å². The van der Waals surface area contributed by atoms with Gasteiger partial charge >= 0.3 is 0 Å². The summed E-state index contributed by atoms with van der Waals surface area (Å²) >= 11 is 0. The van der Waals surface area contributed by atoms with E-state index in [0.29, 0.717) is 6.04 Å². The van der Waals surface area contributed by atoms with Crippen LogP contribution < -0.4 is 14.2 Å². The number of aliphatic hydroxyl groups excluding tert-OH is 1. The number of nitrogens with zero attached hydrogens (tertiary/aromatic N) is 1. The van der Waals surface area contributed by atoms with Gasteiger partial charge in [0.05, 0.1) is 27.4 Å². The van der Waals surface area contributed by atoms with Crippen molar-refractivity contribution in [1.82, 2.24) is 4.90 Å². The van der Waals surface area contributed by atoms with Crippen LogP contribution in [0.5, 0.6) is 17.2 Å². The van der Waals surface area contributed by atoms with Gasteiger partial charge in [0.2, 0.25) is 0 Å². The third-order valence-electron chi connectivity index (χ3n) is 6.85. The third-order valence-corrected chi connectivity index (χ3v) is 6.85. The topological polar surface area (TPSA) is 51.2 Å². The first-order valence-corrected chi connectivity index (χ1v) is 10.4. The second-order valence-electron chi connectivity index (χ2n) is 8.24. The molecule has 0 bridgehead atoms. The minimum Gasteiger partial charge on any atom is -0.497 e. The van der Waals surface area contributed by atoms with Crippen LogP contribution in [0.3, 0.4) is 0 Å². The van der Waals surface area contributed by atoms with Gasteiger partial charge in [0.25, 0.3) is 0 Å². The van der Waals surface area contributed by atoms with Gasteiger partial charge in [0.1, 0.15) is 5.75 Å². The van der Waals surface area contributed by atoms with E-state index in [0.717, 1.165) is 56.0 Å². The Bertz CT molecular complexity index is 837. The Hall–Kier alpha value is -2.24. The zero-order valence-corrected chi connectivity index (χ0v) is 17.6. The fourth-order valence-electron chi connectivity index (χ4n) is 5.26. The van der Waals surface area contributed by atoms with Gasteiger partial charge in [-0.2, -0.15) is 0 Å². The fraction of sp³-hybridized carbons (Fsp3) is 0.500. The lowest BCUT2D eigenvalue weighted by Crippen LogP contribution is -2.48. The molecular formula is C24H31NO4. The van der Waals surface area contributed by atoms with Crippen LogP contribution in [0.2, 0.25) is 0 Å². The molecule has 0 amide bonds. The Morgan fingerprint density at radius 1 is 0.966 bits per heavy atom. The highest BCUT2D eigenvalue weighted by atomic mass is 16.5. The number of rotatable bonds is 6. The summed E-state index contributed by atoms with van der Waals surface area (Å²) in [5.41, 5.74) is 2.61. The summed E-state index contributed by atoms with van der Waals surface area (Å²) < 4.78 is 16.3. The SMILES string of the molecule is COc1ccc(CN2CC[C@]3(c4ccc(OC)c(OC)c4)CC[C@H](O)CC23)cc1. The van der Waals surface area contributed by atoms with Gasteiger partial charge < -0.3 is 19.3 Å². The Kier molecular flexibility index (Phi) is 5.70. The fourth-order valence-corrected chi connectivity index (χ4v) is 5.26. The lowest BCUT2D eigenvalue weighted by atomic mass is 9.65. The molecule has 2 fully saturated rings. The van der Waals surface area contributed by atoms with Crippen molar-refractivity contribution < 1.29 is 19.3 Å². The van der Waals surface area contributed by atoms with E-state index < -0.39 is 0 Å². The van der Waals surface area contributed by atoms with Crippen molar-refractivity contribution in [3.63, 3.8) is 0 Å². The van der Waals surface area contributed by atoms with Crippen molar-refractivity contribution in [2.45, 2.75) is 49.8 Å². The minimum atomic E-state index is -0.232. The van der Waals surface area contributed by atoms with Gasteiger partial charge in [-0.3, -0.25) is 4.90 Å². The summed E-state index contributed by atoms with van der Waals surface area (Å²) in [7, 11) is 5.05. The van der Waals surface area contributed by atoms with Gasteiger partial charge in [-0.1, -0.05) is 18.2 Å². The van der Waals surface area contributed by atoms with E-state index in [2.05, 4.69) is 29.2 Å². The normalized spacial score (nSPS) is 26.8. The smallest absolute Gasteiger partial charge is 0.161 e. The van der Waals surface area contributed by atoms with E-state index in [9.17, 15) is 5.11 Å². The van der Waals surface area contributed by atoms with E-state index in [1.807, 2.05) is 18.2 Å². The minimum absolute atomic E-state index is 0.0469. The summed E-state index contributed by atoms with van der Waals surface area (Å²) in [5.74, 6) is 2.41. The molecule has 1 unspecified atom stereocenters. The van der Waals surface area contributed by atoms with Crippen LogP contribution in [0.25, 0.3) is 0 Å². The monoisotopic (exact) mass is 397 g/mol. The van der Waals surface area contributed by atoms with Gasteiger partial charge in [-0.25, -0.2) is 0 Å².